The van der Waals surface area contributed by atoms with Crippen LogP contribution in [0.25, 0.3) is 0 Å². The molecule has 186 valence electrons. The van der Waals surface area contributed by atoms with Gasteiger partial charge in [-0.25, -0.2) is 0 Å². The minimum absolute atomic E-state index is 0.122. The number of methoxy groups -OCH3 is 1. The van der Waals surface area contributed by atoms with Crippen molar-refractivity contribution in [1.82, 2.24) is 9.78 Å². The van der Waals surface area contributed by atoms with Crippen LogP contribution < -0.4 is 0 Å². The lowest BCUT2D eigenvalue weighted by Gasteiger charge is -2.55. The Hall–Kier alpha value is -1.71. The molecule has 5 rings (SSSR count). The maximum atomic E-state index is 13.5. The van der Waals surface area contributed by atoms with Crippen LogP contribution in [0.4, 0.5) is 0 Å². The molecule has 4 aliphatic carbocycles. The van der Waals surface area contributed by atoms with E-state index in [-0.39, 0.29) is 17.9 Å². The zero-order valence-corrected chi connectivity index (χ0v) is 20.9. The van der Waals surface area contributed by atoms with E-state index in [9.17, 15) is 9.90 Å². The van der Waals surface area contributed by atoms with Gasteiger partial charge in [-0.2, -0.15) is 10.4 Å². The van der Waals surface area contributed by atoms with E-state index >= 15 is 0 Å². The molecule has 1 aromatic heterocycles. The first-order valence-corrected chi connectivity index (χ1v) is 13.6. The quantitative estimate of drug-likeness (QED) is 0.652. The van der Waals surface area contributed by atoms with Crippen molar-refractivity contribution in [3.8, 4) is 6.07 Å². The molecule has 4 saturated carbocycles. The van der Waals surface area contributed by atoms with Crippen molar-refractivity contribution in [2.24, 2.45) is 40.9 Å². The number of hydrogen-bond acceptors (Lipinski definition) is 5. The molecule has 0 aliphatic heterocycles. The van der Waals surface area contributed by atoms with Crippen LogP contribution in [0.1, 0.15) is 83.1 Å². The third-order valence-electron chi connectivity index (χ3n) is 10.7. The molecule has 0 amide bonds. The molecule has 1 N–H and O–H groups in total. The van der Waals surface area contributed by atoms with Gasteiger partial charge >= 0.3 is 0 Å². The zero-order chi connectivity index (χ0) is 23.9. The summed E-state index contributed by atoms with van der Waals surface area (Å²) in [6.07, 6.45) is 15.5. The number of aliphatic hydroxyl groups is 1. The highest BCUT2D eigenvalue weighted by Gasteiger charge is 2.59. The molecule has 0 radical (unpaired) electrons. The molecule has 4 aliphatic rings. The summed E-state index contributed by atoms with van der Waals surface area (Å²) in [7, 11) is 1.70. The van der Waals surface area contributed by atoms with Crippen LogP contribution >= 0.6 is 0 Å². The standard InChI is InChI=1S/C28H41N3O3/c1-3-28-13-10-22-21-9-12-27(33,18-34-2)11-8-20(21)4-5-23(22)24(28)6-7-25(28)26(32)17-31-16-19(14-29)15-30-31/h15-16,20-25,33H,3-13,17-18H2,1-2H3/t20-,21+,22-,23-,24+,25-,27+,28+/m1/s1. The SMILES string of the molecule is CC[C@]12CC[C@H]3[C@@H](CC[C@@H]4CC[C@@](O)(COC)CC[C@@H]43)[C@@H]1CC[C@@H]2C(=O)Cn1cc(C#N)cn1. The van der Waals surface area contributed by atoms with E-state index in [0.717, 1.165) is 62.2 Å². The first-order chi connectivity index (χ1) is 16.4. The first-order valence-electron chi connectivity index (χ1n) is 13.6. The second kappa shape index (κ2) is 9.39. The summed E-state index contributed by atoms with van der Waals surface area (Å²) in [6, 6.07) is 2.11. The molecule has 4 fully saturated rings. The maximum absolute atomic E-state index is 13.5. The number of hydrogen-bond donors (Lipinski definition) is 1. The van der Waals surface area contributed by atoms with Gasteiger partial charge in [0.1, 0.15) is 6.07 Å². The second-order valence-electron chi connectivity index (χ2n) is 11.9. The van der Waals surface area contributed by atoms with Gasteiger partial charge in [-0.15, -0.1) is 0 Å². The summed E-state index contributed by atoms with van der Waals surface area (Å²) in [4.78, 5) is 13.5. The van der Waals surface area contributed by atoms with E-state index in [2.05, 4.69) is 18.1 Å². The Kier molecular flexibility index (Phi) is 6.63. The van der Waals surface area contributed by atoms with E-state index in [1.807, 2.05) is 0 Å². The zero-order valence-electron chi connectivity index (χ0n) is 20.9. The molecule has 1 aromatic rings. The predicted octanol–water partition coefficient (Wildman–Crippen LogP) is 4.75. The second-order valence-corrected chi connectivity index (χ2v) is 11.9. The molecule has 0 spiro atoms. The molecule has 0 bridgehead atoms. The van der Waals surface area contributed by atoms with E-state index in [4.69, 9.17) is 10.00 Å². The van der Waals surface area contributed by atoms with E-state index in [0.29, 0.717) is 23.9 Å². The van der Waals surface area contributed by atoms with Gasteiger partial charge in [0.25, 0.3) is 0 Å². The number of rotatable bonds is 6. The molecular formula is C28H41N3O3. The normalized spacial score (nSPS) is 41.6. The van der Waals surface area contributed by atoms with Crippen LogP contribution in [-0.2, 0) is 16.1 Å². The highest BCUT2D eigenvalue weighted by molar-refractivity contribution is 5.82. The summed E-state index contributed by atoms with van der Waals surface area (Å²) in [5.41, 5.74) is 0.00434. The number of aromatic nitrogens is 2. The average molecular weight is 468 g/mol. The Morgan fingerprint density at radius 3 is 2.68 bits per heavy atom. The summed E-state index contributed by atoms with van der Waals surface area (Å²) >= 11 is 0. The van der Waals surface area contributed by atoms with Gasteiger partial charge in [0, 0.05) is 19.2 Å². The van der Waals surface area contributed by atoms with Crippen LogP contribution in [0.2, 0.25) is 0 Å². The Bertz CT molecular complexity index is 938. The molecule has 6 nitrogen and oxygen atoms in total. The number of carbonyl (C=O) groups excluding carboxylic acids is 1. The number of ketones is 1. The van der Waals surface area contributed by atoms with Crippen LogP contribution in [0.15, 0.2) is 12.4 Å². The topological polar surface area (TPSA) is 88.1 Å². The maximum Gasteiger partial charge on any atom is 0.157 e. The van der Waals surface area contributed by atoms with Gasteiger partial charge in [0.05, 0.1) is 30.5 Å². The summed E-state index contributed by atoms with van der Waals surface area (Å²) < 4.78 is 7.02. The fraction of sp³-hybridized carbons (Fsp3) is 0.821. The van der Waals surface area contributed by atoms with E-state index in [1.165, 1.54) is 32.1 Å². The number of fused-ring (bicyclic) bond motifs is 5. The lowest BCUT2D eigenvalue weighted by Crippen LogP contribution is -2.49. The van der Waals surface area contributed by atoms with Crippen molar-refractivity contribution in [3.63, 3.8) is 0 Å². The van der Waals surface area contributed by atoms with Crippen LogP contribution in [0.3, 0.4) is 0 Å². The van der Waals surface area contributed by atoms with Gasteiger partial charge in [0.15, 0.2) is 5.78 Å². The van der Waals surface area contributed by atoms with Crippen LogP contribution in [-0.4, -0.2) is 40.0 Å². The molecule has 8 atom stereocenters. The highest BCUT2D eigenvalue weighted by Crippen LogP contribution is 2.65. The van der Waals surface area contributed by atoms with Gasteiger partial charge in [-0.1, -0.05) is 6.92 Å². The van der Waals surface area contributed by atoms with Gasteiger partial charge in [-0.05, 0) is 106 Å². The van der Waals surface area contributed by atoms with E-state index < -0.39 is 5.60 Å². The predicted molar refractivity (Wildman–Crippen MR) is 129 cm³/mol. The minimum atomic E-state index is -0.647. The van der Waals surface area contributed by atoms with Crippen LogP contribution in [0, 0.1) is 52.3 Å². The number of ether oxygens (including phenoxy) is 1. The number of nitriles is 1. The van der Waals surface area contributed by atoms with E-state index in [1.54, 1.807) is 24.2 Å². The Morgan fingerprint density at radius 2 is 1.94 bits per heavy atom. The smallest absolute Gasteiger partial charge is 0.157 e. The molecule has 1 heterocycles. The largest absolute Gasteiger partial charge is 0.387 e. The Balaban J connectivity index is 1.32. The van der Waals surface area contributed by atoms with Crippen molar-refractivity contribution in [2.75, 3.05) is 13.7 Å². The number of carbonyl (C=O) groups is 1. The lowest BCUT2D eigenvalue weighted by molar-refractivity contribution is -0.132. The number of Topliss-reactive ketones (excluding diaryl/α,β-unsaturated/α-hetero) is 1. The molecular weight excluding hydrogens is 426 g/mol. The van der Waals surface area contributed by atoms with Gasteiger partial charge in [-0.3, -0.25) is 9.48 Å². The van der Waals surface area contributed by atoms with Gasteiger partial charge < -0.3 is 9.84 Å². The molecule has 6 heteroatoms. The molecule has 34 heavy (non-hydrogen) atoms. The minimum Gasteiger partial charge on any atom is -0.387 e. The van der Waals surface area contributed by atoms with Crippen molar-refractivity contribution in [1.29, 1.82) is 5.26 Å². The third kappa shape index (κ3) is 4.03. The lowest BCUT2D eigenvalue weighted by atomic mass is 9.49. The summed E-state index contributed by atoms with van der Waals surface area (Å²) in [6.45, 7) is 3.05. The molecule has 0 aromatic carbocycles. The van der Waals surface area contributed by atoms with Crippen molar-refractivity contribution >= 4 is 5.78 Å². The number of nitrogens with zero attached hydrogens (tertiary/aromatic N) is 3. The van der Waals surface area contributed by atoms with Crippen LogP contribution in [0.5, 0.6) is 0 Å². The van der Waals surface area contributed by atoms with Gasteiger partial charge in [0.2, 0.25) is 0 Å². The van der Waals surface area contributed by atoms with Crippen molar-refractivity contribution in [3.05, 3.63) is 18.0 Å². The monoisotopic (exact) mass is 467 g/mol. The summed E-state index contributed by atoms with van der Waals surface area (Å²) in [5, 5.41) is 24.4. The molecule has 0 saturated heterocycles. The average Bonchev–Trinajstić information content (AvgIpc) is 3.42. The van der Waals surface area contributed by atoms with Crippen molar-refractivity contribution < 1.29 is 14.6 Å². The fourth-order valence-electron chi connectivity index (χ4n) is 9.22. The third-order valence-corrected chi connectivity index (χ3v) is 10.7. The first kappa shape index (κ1) is 24.0. The highest BCUT2D eigenvalue weighted by atomic mass is 16.5. The Labute approximate surface area is 204 Å². The Morgan fingerprint density at radius 1 is 1.15 bits per heavy atom. The fourth-order valence-corrected chi connectivity index (χ4v) is 9.22. The van der Waals surface area contributed by atoms with Crippen molar-refractivity contribution in [2.45, 2.75) is 89.7 Å². The molecule has 0 unspecified atom stereocenters. The summed E-state index contributed by atoms with van der Waals surface area (Å²) in [5.74, 6) is 4.04.